The van der Waals surface area contributed by atoms with Crippen molar-refractivity contribution in [3.05, 3.63) is 88.5 Å². The molecule has 1 N–H and O–H groups in total. The lowest BCUT2D eigenvalue weighted by atomic mass is 10.1. The average Bonchev–Trinajstić information content (AvgIpc) is 2.70. The number of nitrogens with one attached hydrogen (secondary N) is 1. The lowest BCUT2D eigenvalue weighted by Gasteiger charge is -2.16. The second kappa shape index (κ2) is 8.93. The van der Waals surface area contributed by atoms with Crippen molar-refractivity contribution in [3.63, 3.8) is 0 Å². The number of halogens is 6. The highest BCUT2D eigenvalue weighted by Gasteiger charge is 2.32. The smallest absolute Gasteiger partial charge is 0.416 e. The van der Waals surface area contributed by atoms with Crippen molar-refractivity contribution >= 4 is 23.2 Å². The third-order valence-corrected chi connectivity index (χ3v) is 4.64. The van der Waals surface area contributed by atoms with Crippen molar-refractivity contribution in [2.45, 2.75) is 19.0 Å². The van der Waals surface area contributed by atoms with E-state index in [1.807, 2.05) is 0 Å². The molecule has 0 aliphatic carbocycles. The summed E-state index contributed by atoms with van der Waals surface area (Å²) < 4.78 is 72.2. The average molecular weight is 456 g/mol. The number of carbonyl (C=O) groups excluding carboxylic acids is 1. The predicted molar refractivity (Wildman–Crippen MR) is 107 cm³/mol. The molecule has 3 nitrogen and oxygen atoms in total. The van der Waals surface area contributed by atoms with Gasteiger partial charge in [-0.1, -0.05) is 0 Å². The first-order chi connectivity index (χ1) is 14.6. The Morgan fingerprint density at radius 1 is 1.00 bits per heavy atom. The highest BCUT2D eigenvalue weighted by molar-refractivity contribution is 6.17. The molecule has 0 spiro atoms. The maximum absolute atomic E-state index is 13.6. The summed E-state index contributed by atoms with van der Waals surface area (Å²) in [4.78, 5) is 12.8. The minimum Gasteiger partial charge on any atom is -0.456 e. The summed E-state index contributed by atoms with van der Waals surface area (Å²) in [6, 6.07) is 9.65. The summed E-state index contributed by atoms with van der Waals surface area (Å²) >= 11 is 5.65. The Bertz CT molecular complexity index is 1130. The zero-order valence-electron chi connectivity index (χ0n) is 16.0. The maximum Gasteiger partial charge on any atom is 0.416 e. The first-order valence-electron chi connectivity index (χ1n) is 8.89. The van der Waals surface area contributed by atoms with Crippen LogP contribution in [0.5, 0.6) is 11.5 Å². The van der Waals surface area contributed by atoms with E-state index < -0.39 is 34.8 Å². The summed E-state index contributed by atoms with van der Waals surface area (Å²) in [6.07, 6.45) is -4.69. The summed E-state index contributed by atoms with van der Waals surface area (Å²) in [5, 5.41) is 2.42. The summed E-state index contributed by atoms with van der Waals surface area (Å²) in [7, 11) is 0. The highest BCUT2D eigenvalue weighted by atomic mass is 35.5. The Morgan fingerprint density at radius 2 is 1.71 bits per heavy atom. The molecule has 0 unspecified atom stereocenters. The third kappa shape index (κ3) is 5.32. The standard InChI is InChI=1S/C22H15ClF5NO2/c1-12-8-15(24)3-7-19(12)31-20-6-2-14(22(26,27)28)10-17(20)21(30)29-16-4-5-18(25)13(9-16)11-23/h2-10H,11H2,1H3,(H,29,30). The van der Waals surface area contributed by atoms with Crippen LogP contribution >= 0.6 is 11.6 Å². The van der Waals surface area contributed by atoms with Gasteiger partial charge in [0.15, 0.2) is 0 Å². The Kier molecular flexibility index (Phi) is 6.50. The van der Waals surface area contributed by atoms with Gasteiger partial charge in [-0.2, -0.15) is 13.2 Å². The predicted octanol–water partition coefficient (Wildman–Crippen LogP) is 7.08. The van der Waals surface area contributed by atoms with Gasteiger partial charge in [-0.15, -0.1) is 11.6 Å². The molecule has 162 valence electrons. The van der Waals surface area contributed by atoms with Gasteiger partial charge in [-0.25, -0.2) is 8.78 Å². The van der Waals surface area contributed by atoms with E-state index in [0.717, 1.165) is 24.3 Å². The molecule has 0 aromatic heterocycles. The van der Waals surface area contributed by atoms with E-state index in [0.29, 0.717) is 11.6 Å². The van der Waals surface area contributed by atoms with Crippen LogP contribution in [0.3, 0.4) is 0 Å². The molecule has 0 radical (unpaired) electrons. The van der Waals surface area contributed by atoms with E-state index in [2.05, 4.69) is 5.32 Å². The number of rotatable bonds is 5. The topological polar surface area (TPSA) is 38.3 Å². The van der Waals surface area contributed by atoms with Crippen molar-refractivity contribution in [2.24, 2.45) is 0 Å². The molecule has 0 saturated carbocycles. The van der Waals surface area contributed by atoms with Gasteiger partial charge in [0.2, 0.25) is 0 Å². The van der Waals surface area contributed by atoms with Gasteiger partial charge in [-0.3, -0.25) is 4.79 Å². The molecule has 3 rings (SSSR count). The van der Waals surface area contributed by atoms with Crippen LogP contribution in [0.2, 0.25) is 0 Å². The summed E-state index contributed by atoms with van der Waals surface area (Å²) in [6.45, 7) is 1.55. The minimum atomic E-state index is -4.69. The lowest BCUT2D eigenvalue weighted by molar-refractivity contribution is -0.137. The van der Waals surface area contributed by atoms with Crippen molar-refractivity contribution in [2.75, 3.05) is 5.32 Å². The van der Waals surface area contributed by atoms with E-state index in [9.17, 15) is 26.7 Å². The molecule has 1 amide bonds. The SMILES string of the molecule is Cc1cc(F)ccc1Oc1ccc(C(F)(F)F)cc1C(=O)Nc1ccc(F)c(CCl)c1. The summed E-state index contributed by atoms with van der Waals surface area (Å²) in [5.74, 6) is -2.16. The number of amides is 1. The van der Waals surface area contributed by atoms with E-state index >= 15 is 0 Å². The van der Waals surface area contributed by atoms with Crippen LogP contribution in [0, 0.1) is 18.6 Å². The number of benzene rings is 3. The van der Waals surface area contributed by atoms with E-state index in [4.69, 9.17) is 16.3 Å². The molecule has 0 aliphatic rings. The maximum atomic E-state index is 13.6. The number of hydrogen-bond donors (Lipinski definition) is 1. The number of anilines is 1. The molecule has 31 heavy (non-hydrogen) atoms. The van der Waals surface area contributed by atoms with Crippen LogP contribution in [-0.2, 0) is 12.1 Å². The molecule has 3 aromatic carbocycles. The Balaban J connectivity index is 2.00. The number of hydrogen-bond acceptors (Lipinski definition) is 2. The van der Waals surface area contributed by atoms with Crippen molar-refractivity contribution < 1.29 is 31.5 Å². The Hall–Kier alpha value is -3.13. The molecule has 0 atom stereocenters. The number of alkyl halides is 4. The molecular formula is C22H15ClF5NO2. The van der Waals surface area contributed by atoms with Crippen molar-refractivity contribution in [3.8, 4) is 11.5 Å². The second-order valence-corrected chi connectivity index (χ2v) is 6.88. The van der Waals surface area contributed by atoms with Gasteiger partial charge in [0, 0.05) is 11.3 Å². The van der Waals surface area contributed by atoms with Crippen LogP contribution in [-0.4, -0.2) is 5.91 Å². The number of carbonyl (C=O) groups is 1. The van der Waals surface area contributed by atoms with E-state index in [-0.39, 0.29) is 28.6 Å². The van der Waals surface area contributed by atoms with Crippen LogP contribution in [0.1, 0.15) is 27.0 Å². The zero-order chi connectivity index (χ0) is 22.8. The third-order valence-electron chi connectivity index (χ3n) is 4.36. The van der Waals surface area contributed by atoms with E-state index in [1.165, 1.54) is 24.3 Å². The molecule has 3 aromatic rings. The minimum absolute atomic E-state index is 0.113. The summed E-state index contributed by atoms with van der Waals surface area (Å²) in [5.41, 5.74) is -0.821. The second-order valence-electron chi connectivity index (χ2n) is 6.61. The fourth-order valence-electron chi connectivity index (χ4n) is 2.77. The van der Waals surface area contributed by atoms with Crippen LogP contribution in [0.25, 0.3) is 0 Å². The number of ether oxygens (including phenoxy) is 1. The van der Waals surface area contributed by atoms with E-state index in [1.54, 1.807) is 6.92 Å². The van der Waals surface area contributed by atoms with Crippen LogP contribution in [0.15, 0.2) is 54.6 Å². The molecule has 0 bridgehead atoms. The monoisotopic (exact) mass is 455 g/mol. The van der Waals surface area contributed by atoms with Crippen LogP contribution < -0.4 is 10.1 Å². The zero-order valence-corrected chi connectivity index (χ0v) is 16.7. The quantitative estimate of drug-likeness (QED) is 0.330. The van der Waals surface area contributed by atoms with Gasteiger partial charge in [0.1, 0.15) is 23.1 Å². The molecule has 0 fully saturated rings. The highest BCUT2D eigenvalue weighted by Crippen LogP contribution is 2.35. The first kappa shape index (κ1) is 22.6. The molecule has 9 heteroatoms. The normalized spacial score (nSPS) is 11.3. The van der Waals surface area contributed by atoms with Gasteiger partial charge in [0.05, 0.1) is 17.0 Å². The molecule has 0 saturated heterocycles. The van der Waals surface area contributed by atoms with Gasteiger partial charge in [-0.05, 0) is 67.1 Å². The van der Waals surface area contributed by atoms with Gasteiger partial charge >= 0.3 is 6.18 Å². The number of aryl methyl sites for hydroxylation is 1. The van der Waals surface area contributed by atoms with Crippen LogP contribution in [0.4, 0.5) is 27.6 Å². The van der Waals surface area contributed by atoms with Crippen molar-refractivity contribution in [1.29, 1.82) is 0 Å². The first-order valence-corrected chi connectivity index (χ1v) is 9.43. The lowest BCUT2D eigenvalue weighted by Crippen LogP contribution is -2.15. The molecule has 0 aliphatic heterocycles. The van der Waals surface area contributed by atoms with Crippen molar-refractivity contribution in [1.82, 2.24) is 0 Å². The molecule has 0 heterocycles. The fourth-order valence-corrected chi connectivity index (χ4v) is 2.98. The molecular weight excluding hydrogens is 441 g/mol. The Labute approximate surface area is 179 Å². The van der Waals surface area contributed by atoms with Gasteiger partial charge < -0.3 is 10.1 Å². The largest absolute Gasteiger partial charge is 0.456 e. The Morgan fingerprint density at radius 3 is 2.35 bits per heavy atom. The van der Waals surface area contributed by atoms with Gasteiger partial charge in [0.25, 0.3) is 5.91 Å². The fraction of sp³-hybridized carbons (Fsp3) is 0.136.